The van der Waals surface area contributed by atoms with Gasteiger partial charge in [0.05, 0.1) is 13.2 Å². The summed E-state index contributed by atoms with van der Waals surface area (Å²) in [5.74, 6) is 0.00722. The van der Waals surface area contributed by atoms with E-state index in [9.17, 15) is 9.59 Å². The summed E-state index contributed by atoms with van der Waals surface area (Å²) in [5.41, 5.74) is 1.02. The van der Waals surface area contributed by atoms with E-state index in [2.05, 4.69) is 0 Å². The van der Waals surface area contributed by atoms with Crippen LogP contribution in [0.4, 0.5) is 0 Å². The van der Waals surface area contributed by atoms with E-state index in [1.54, 1.807) is 22.3 Å². The zero-order valence-electron chi connectivity index (χ0n) is 13.1. The van der Waals surface area contributed by atoms with E-state index in [1.165, 1.54) is 0 Å². The average Bonchev–Trinajstić information content (AvgIpc) is 3.13. The number of rotatable bonds is 3. The molecule has 0 unspecified atom stereocenters. The van der Waals surface area contributed by atoms with E-state index in [0.29, 0.717) is 32.8 Å². The first-order valence-electron chi connectivity index (χ1n) is 8.13. The molecule has 1 aromatic rings. The molecule has 6 heteroatoms. The molecule has 0 saturated carbocycles. The van der Waals surface area contributed by atoms with Gasteiger partial charge in [-0.2, -0.15) is 11.3 Å². The normalized spacial score (nSPS) is 22.5. The molecule has 1 aromatic heterocycles. The molecule has 0 aliphatic carbocycles. The van der Waals surface area contributed by atoms with E-state index < -0.39 is 0 Å². The molecular formula is C17H22N2O3S. The lowest BCUT2D eigenvalue weighted by atomic mass is 10.0. The third kappa shape index (κ3) is 4.00. The Morgan fingerprint density at radius 1 is 1.22 bits per heavy atom. The molecule has 0 spiro atoms. The monoisotopic (exact) mass is 334 g/mol. The Balaban J connectivity index is 1.67. The van der Waals surface area contributed by atoms with E-state index in [4.69, 9.17) is 4.74 Å². The number of ether oxygens (including phenoxy) is 1. The van der Waals surface area contributed by atoms with Crippen LogP contribution in [0.2, 0.25) is 0 Å². The fraction of sp³-hybridized carbons (Fsp3) is 0.529. The fourth-order valence-corrected chi connectivity index (χ4v) is 3.71. The summed E-state index contributed by atoms with van der Waals surface area (Å²) in [6.45, 7) is 3.09. The summed E-state index contributed by atoms with van der Waals surface area (Å²) < 4.78 is 5.31. The maximum absolute atomic E-state index is 12.8. The Bertz CT molecular complexity index is 564. The molecule has 0 aromatic carbocycles. The van der Waals surface area contributed by atoms with Crippen LogP contribution in [0.25, 0.3) is 6.08 Å². The summed E-state index contributed by atoms with van der Waals surface area (Å²) in [5, 5.41) is 3.98. The zero-order chi connectivity index (χ0) is 16.1. The van der Waals surface area contributed by atoms with Crippen LogP contribution in [0.3, 0.4) is 0 Å². The highest BCUT2D eigenvalue weighted by Gasteiger charge is 2.34. The van der Waals surface area contributed by atoms with Gasteiger partial charge in [-0.25, -0.2) is 0 Å². The number of piperidine rings is 1. The van der Waals surface area contributed by atoms with Crippen LogP contribution in [0.1, 0.15) is 24.8 Å². The van der Waals surface area contributed by atoms with Crippen molar-refractivity contribution in [2.45, 2.75) is 25.3 Å². The van der Waals surface area contributed by atoms with Crippen LogP contribution in [-0.4, -0.2) is 60.5 Å². The average molecular weight is 334 g/mol. The number of carbonyl (C=O) groups is 2. The van der Waals surface area contributed by atoms with Crippen molar-refractivity contribution in [2.75, 3.05) is 32.8 Å². The van der Waals surface area contributed by atoms with Gasteiger partial charge in [0.2, 0.25) is 11.8 Å². The second-order valence-electron chi connectivity index (χ2n) is 5.87. The van der Waals surface area contributed by atoms with Crippen LogP contribution in [-0.2, 0) is 14.3 Å². The molecule has 124 valence electrons. The molecule has 2 amide bonds. The van der Waals surface area contributed by atoms with Crippen LogP contribution in [0, 0.1) is 0 Å². The van der Waals surface area contributed by atoms with Gasteiger partial charge >= 0.3 is 0 Å². The van der Waals surface area contributed by atoms with Crippen LogP contribution < -0.4 is 0 Å². The minimum atomic E-state index is -0.318. The fourth-order valence-electron chi connectivity index (χ4n) is 3.08. The molecule has 1 atom stereocenters. The molecule has 0 radical (unpaired) electrons. The number of thiophene rings is 1. The summed E-state index contributed by atoms with van der Waals surface area (Å²) in [6.07, 6.45) is 6.13. The smallest absolute Gasteiger partial charge is 0.247 e. The molecule has 2 fully saturated rings. The van der Waals surface area contributed by atoms with Gasteiger partial charge in [0.1, 0.15) is 6.04 Å². The standard InChI is InChI=1S/C17H22N2O3S/c20-16(5-4-14-6-12-23-13-14)19-7-2-1-3-15(19)17(21)18-8-10-22-11-9-18/h4-6,12-13,15H,1-3,7-11H2/b5-4-/t15-/m0/s1. The van der Waals surface area contributed by atoms with E-state index in [0.717, 1.165) is 24.8 Å². The van der Waals surface area contributed by atoms with Crippen molar-refractivity contribution in [1.82, 2.24) is 9.80 Å². The van der Waals surface area contributed by atoms with Gasteiger partial charge in [0.15, 0.2) is 0 Å². The summed E-state index contributed by atoms with van der Waals surface area (Å²) >= 11 is 1.60. The lowest BCUT2D eigenvalue weighted by Crippen LogP contribution is -2.54. The van der Waals surface area contributed by atoms with E-state index in [1.807, 2.05) is 27.8 Å². The topological polar surface area (TPSA) is 49.9 Å². The third-order valence-corrected chi connectivity index (χ3v) is 5.06. The molecule has 0 bridgehead atoms. The second-order valence-corrected chi connectivity index (χ2v) is 6.65. The molecule has 5 nitrogen and oxygen atoms in total. The Labute approximate surface area is 140 Å². The van der Waals surface area contributed by atoms with Crippen molar-refractivity contribution in [3.63, 3.8) is 0 Å². The predicted molar refractivity (Wildman–Crippen MR) is 90.1 cm³/mol. The molecular weight excluding hydrogens is 312 g/mol. The van der Waals surface area contributed by atoms with Gasteiger partial charge in [-0.1, -0.05) is 0 Å². The van der Waals surface area contributed by atoms with E-state index in [-0.39, 0.29) is 17.9 Å². The second kappa shape index (κ2) is 7.75. The van der Waals surface area contributed by atoms with Gasteiger partial charge < -0.3 is 14.5 Å². The minimum Gasteiger partial charge on any atom is -0.378 e. The summed E-state index contributed by atoms with van der Waals surface area (Å²) in [4.78, 5) is 28.9. The lowest BCUT2D eigenvalue weighted by molar-refractivity contribution is -0.148. The number of likely N-dealkylation sites (tertiary alicyclic amines) is 1. The Morgan fingerprint density at radius 3 is 2.78 bits per heavy atom. The zero-order valence-corrected chi connectivity index (χ0v) is 14.0. The first-order chi connectivity index (χ1) is 11.3. The number of hydrogen-bond acceptors (Lipinski definition) is 4. The van der Waals surface area contributed by atoms with Gasteiger partial charge in [-0.3, -0.25) is 9.59 Å². The Hall–Kier alpha value is -1.66. The molecule has 0 N–H and O–H groups in total. The van der Waals surface area contributed by atoms with Crippen molar-refractivity contribution < 1.29 is 14.3 Å². The minimum absolute atomic E-state index is 0.0671. The Kier molecular flexibility index (Phi) is 5.46. The molecule has 2 aliphatic rings. The van der Waals surface area contributed by atoms with Crippen molar-refractivity contribution in [1.29, 1.82) is 0 Å². The molecule has 3 rings (SSSR count). The Morgan fingerprint density at radius 2 is 2.04 bits per heavy atom. The maximum atomic E-state index is 12.8. The van der Waals surface area contributed by atoms with E-state index >= 15 is 0 Å². The predicted octanol–water partition coefficient (Wildman–Crippen LogP) is 2.00. The highest BCUT2D eigenvalue weighted by atomic mass is 32.1. The van der Waals surface area contributed by atoms with Crippen molar-refractivity contribution in [3.8, 4) is 0 Å². The number of morpholine rings is 1. The number of hydrogen-bond donors (Lipinski definition) is 0. The summed E-state index contributed by atoms with van der Waals surface area (Å²) in [7, 11) is 0. The SMILES string of the molecule is O=C([C@@H]1CCCCN1C(=O)/C=C\c1ccsc1)N1CCOCC1. The van der Waals surface area contributed by atoms with Gasteiger partial charge in [-0.15, -0.1) is 0 Å². The molecule has 2 aliphatic heterocycles. The van der Waals surface area contributed by atoms with Gasteiger partial charge in [-0.05, 0) is 47.7 Å². The van der Waals surface area contributed by atoms with Crippen molar-refractivity contribution >= 4 is 29.2 Å². The van der Waals surface area contributed by atoms with Crippen molar-refractivity contribution in [3.05, 3.63) is 28.5 Å². The molecule has 2 saturated heterocycles. The quantitative estimate of drug-likeness (QED) is 0.795. The highest BCUT2D eigenvalue weighted by Crippen LogP contribution is 2.20. The number of carbonyl (C=O) groups excluding carboxylic acids is 2. The summed E-state index contributed by atoms with van der Waals surface area (Å²) in [6, 6.07) is 1.66. The van der Waals surface area contributed by atoms with Crippen LogP contribution >= 0.6 is 11.3 Å². The van der Waals surface area contributed by atoms with Gasteiger partial charge in [0, 0.05) is 25.7 Å². The van der Waals surface area contributed by atoms with Crippen molar-refractivity contribution in [2.24, 2.45) is 0 Å². The van der Waals surface area contributed by atoms with Gasteiger partial charge in [0.25, 0.3) is 0 Å². The van der Waals surface area contributed by atoms with Crippen LogP contribution in [0.5, 0.6) is 0 Å². The molecule has 23 heavy (non-hydrogen) atoms. The lowest BCUT2D eigenvalue weighted by Gasteiger charge is -2.38. The first-order valence-corrected chi connectivity index (χ1v) is 9.07. The largest absolute Gasteiger partial charge is 0.378 e. The number of nitrogens with zero attached hydrogens (tertiary/aromatic N) is 2. The number of amides is 2. The van der Waals surface area contributed by atoms with Crippen LogP contribution in [0.15, 0.2) is 22.9 Å². The molecule has 3 heterocycles. The first kappa shape index (κ1) is 16.2. The highest BCUT2D eigenvalue weighted by molar-refractivity contribution is 7.08. The maximum Gasteiger partial charge on any atom is 0.247 e. The third-order valence-electron chi connectivity index (χ3n) is 4.36.